The Hall–Kier alpha value is -2.56. The van der Waals surface area contributed by atoms with Gasteiger partial charge in [-0.3, -0.25) is 4.79 Å². The number of ketones is 1. The van der Waals surface area contributed by atoms with Crippen LogP contribution < -0.4 is 4.90 Å². The van der Waals surface area contributed by atoms with E-state index in [1.54, 1.807) is 30.1 Å². The van der Waals surface area contributed by atoms with Crippen molar-refractivity contribution in [3.63, 3.8) is 0 Å². The fraction of sp³-hybridized carbons (Fsp3) is 0.211. The molecule has 0 spiro atoms. The molecule has 0 heterocycles. The van der Waals surface area contributed by atoms with Crippen LogP contribution in [-0.2, 0) is 11.2 Å². The Morgan fingerprint density at radius 2 is 1.62 bits per heavy atom. The quantitative estimate of drug-likeness (QED) is 0.729. The third-order valence-corrected chi connectivity index (χ3v) is 3.66. The summed E-state index contributed by atoms with van der Waals surface area (Å²) in [5, 5.41) is 0. The molecule has 0 aliphatic carbocycles. The molecule has 24 heavy (non-hydrogen) atoms. The average molecular weight is 333 g/mol. The summed E-state index contributed by atoms with van der Waals surface area (Å²) in [6, 6.07) is 15.3. The van der Waals surface area contributed by atoms with E-state index in [0.717, 1.165) is 17.7 Å². The van der Waals surface area contributed by atoms with Gasteiger partial charge in [0.1, 0.15) is 0 Å². The lowest BCUT2D eigenvalue weighted by Crippen LogP contribution is -2.25. The Morgan fingerprint density at radius 3 is 2.21 bits per heavy atom. The zero-order chi connectivity index (χ0) is 17.7. The molecule has 0 fully saturated rings. The van der Waals surface area contributed by atoms with Crippen molar-refractivity contribution in [1.82, 2.24) is 0 Å². The molecule has 126 valence electrons. The fourth-order valence-electron chi connectivity index (χ4n) is 2.45. The van der Waals surface area contributed by atoms with Crippen LogP contribution in [0.1, 0.15) is 18.1 Å². The number of halogens is 3. The van der Waals surface area contributed by atoms with Crippen LogP contribution in [0.2, 0.25) is 0 Å². The summed E-state index contributed by atoms with van der Waals surface area (Å²) >= 11 is 0. The Kier molecular flexibility index (Phi) is 5.44. The van der Waals surface area contributed by atoms with Gasteiger partial charge >= 0.3 is 6.18 Å². The third kappa shape index (κ3) is 4.04. The number of nitrogens with zero attached hydrogens (tertiary/aromatic N) is 1. The van der Waals surface area contributed by atoms with Crippen molar-refractivity contribution in [2.45, 2.75) is 19.5 Å². The first-order valence-corrected chi connectivity index (χ1v) is 7.54. The van der Waals surface area contributed by atoms with Gasteiger partial charge in [0, 0.05) is 18.9 Å². The molecule has 0 aliphatic rings. The van der Waals surface area contributed by atoms with Crippen LogP contribution in [0.25, 0.3) is 5.57 Å². The number of anilines is 1. The van der Waals surface area contributed by atoms with Crippen LogP contribution in [0.3, 0.4) is 0 Å². The smallest absolute Gasteiger partial charge is 0.350 e. The standard InChI is InChI=1S/C19H18F3NO/c1-3-14-9-7-8-12-17(14)23(2)13-16(18(24)19(20,21)22)15-10-5-4-6-11-15/h4-13H,3H2,1-2H3/b16-13+. The fourth-order valence-corrected chi connectivity index (χ4v) is 2.45. The van der Waals surface area contributed by atoms with E-state index in [-0.39, 0.29) is 11.1 Å². The van der Waals surface area contributed by atoms with E-state index in [9.17, 15) is 18.0 Å². The lowest BCUT2D eigenvalue weighted by molar-refractivity contribution is -0.164. The number of aryl methyl sites for hydroxylation is 1. The maximum absolute atomic E-state index is 13.0. The summed E-state index contributed by atoms with van der Waals surface area (Å²) in [4.78, 5) is 13.4. The minimum Gasteiger partial charge on any atom is -0.350 e. The molecule has 2 nitrogen and oxygen atoms in total. The summed E-state index contributed by atoms with van der Waals surface area (Å²) in [6.07, 6.45) is -2.94. The number of benzene rings is 2. The van der Waals surface area contributed by atoms with Gasteiger partial charge in [-0.25, -0.2) is 0 Å². The number of carbonyl (C=O) groups excluding carboxylic acids is 1. The second kappa shape index (κ2) is 7.34. The predicted octanol–water partition coefficient (Wildman–Crippen LogP) is 4.86. The van der Waals surface area contributed by atoms with Gasteiger partial charge in [-0.15, -0.1) is 0 Å². The molecule has 0 saturated heterocycles. The molecule has 0 radical (unpaired) electrons. The van der Waals surface area contributed by atoms with E-state index in [1.807, 2.05) is 31.2 Å². The lowest BCUT2D eigenvalue weighted by Gasteiger charge is -2.20. The average Bonchev–Trinajstić information content (AvgIpc) is 2.58. The molecule has 0 N–H and O–H groups in total. The van der Waals surface area contributed by atoms with Gasteiger partial charge in [0.25, 0.3) is 5.78 Å². The van der Waals surface area contributed by atoms with Crippen molar-refractivity contribution < 1.29 is 18.0 Å². The van der Waals surface area contributed by atoms with Crippen LogP contribution >= 0.6 is 0 Å². The van der Waals surface area contributed by atoms with Crippen LogP contribution in [0.15, 0.2) is 60.8 Å². The zero-order valence-electron chi connectivity index (χ0n) is 13.5. The number of alkyl halides is 3. The van der Waals surface area contributed by atoms with Gasteiger partial charge in [0.15, 0.2) is 0 Å². The lowest BCUT2D eigenvalue weighted by atomic mass is 10.0. The zero-order valence-corrected chi connectivity index (χ0v) is 13.5. The second-order valence-corrected chi connectivity index (χ2v) is 5.33. The Bertz CT molecular complexity index is 736. The number of hydrogen-bond donors (Lipinski definition) is 0. The van der Waals surface area contributed by atoms with E-state index in [0.29, 0.717) is 0 Å². The van der Waals surface area contributed by atoms with Crippen molar-refractivity contribution in [1.29, 1.82) is 0 Å². The minimum atomic E-state index is -4.92. The summed E-state index contributed by atoms with van der Waals surface area (Å²) in [6.45, 7) is 1.97. The molecule has 2 rings (SSSR count). The highest BCUT2D eigenvalue weighted by molar-refractivity contribution is 6.23. The summed E-state index contributed by atoms with van der Waals surface area (Å²) in [5.41, 5.74) is 1.61. The summed E-state index contributed by atoms with van der Waals surface area (Å²) < 4.78 is 38.9. The molecule has 0 amide bonds. The molecule has 0 saturated carbocycles. The number of para-hydroxylation sites is 1. The van der Waals surface area contributed by atoms with Crippen molar-refractivity contribution in [2.75, 3.05) is 11.9 Å². The molecular formula is C19H18F3NO. The van der Waals surface area contributed by atoms with Gasteiger partial charge in [-0.1, -0.05) is 55.5 Å². The first-order valence-electron chi connectivity index (χ1n) is 7.54. The highest BCUT2D eigenvalue weighted by Gasteiger charge is 2.41. The molecule has 0 bridgehead atoms. The van der Waals surface area contributed by atoms with Crippen LogP contribution in [0.4, 0.5) is 18.9 Å². The predicted molar refractivity (Wildman–Crippen MR) is 89.7 cm³/mol. The maximum atomic E-state index is 13.0. The summed E-state index contributed by atoms with van der Waals surface area (Å²) in [5.74, 6) is -1.85. The molecular weight excluding hydrogens is 315 g/mol. The Morgan fingerprint density at radius 1 is 1.04 bits per heavy atom. The first-order chi connectivity index (χ1) is 11.3. The Labute approximate surface area is 139 Å². The number of allylic oxidation sites excluding steroid dienone is 1. The van der Waals surface area contributed by atoms with E-state index in [1.165, 1.54) is 18.3 Å². The van der Waals surface area contributed by atoms with Crippen LogP contribution in [0.5, 0.6) is 0 Å². The molecule has 0 aliphatic heterocycles. The topological polar surface area (TPSA) is 20.3 Å². The molecule has 5 heteroatoms. The number of hydrogen-bond acceptors (Lipinski definition) is 2. The molecule has 2 aromatic rings. The molecule has 0 aromatic heterocycles. The van der Waals surface area contributed by atoms with E-state index < -0.39 is 12.0 Å². The van der Waals surface area contributed by atoms with Crippen molar-refractivity contribution >= 4 is 17.0 Å². The maximum Gasteiger partial charge on any atom is 0.454 e. The van der Waals surface area contributed by atoms with E-state index in [4.69, 9.17) is 0 Å². The number of carbonyl (C=O) groups is 1. The summed E-state index contributed by atoms with van der Waals surface area (Å²) in [7, 11) is 1.64. The van der Waals surface area contributed by atoms with Gasteiger partial charge in [0.2, 0.25) is 0 Å². The van der Waals surface area contributed by atoms with Crippen molar-refractivity contribution in [3.8, 4) is 0 Å². The SMILES string of the molecule is CCc1ccccc1N(C)/C=C(/C(=O)C(F)(F)F)c1ccccc1. The monoisotopic (exact) mass is 333 g/mol. The molecule has 0 atom stereocenters. The molecule has 0 unspecified atom stereocenters. The Balaban J connectivity index is 2.50. The third-order valence-electron chi connectivity index (χ3n) is 3.66. The minimum absolute atomic E-state index is 0.237. The van der Waals surface area contributed by atoms with Gasteiger partial charge in [0.05, 0.1) is 5.57 Å². The van der Waals surface area contributed by atoms with Gasteiger partial charge < -0.3 is 4.90 Å². The number of Topliss-reactive ketones (excluding diaryl/α,β-unsaturated/α-hetero) is 1. The van der Waals surface area contributed by atoms with E-state index >= 15 is 0 Å². The van der Waals surface area contributed by atoms with Crippen LogP contribution in [-0.4, -0.2) is 19.0 Å². The number of rotatable bonds is 5. The highest BCUT2D eigenvalue weighted by atomic mass is 19.4. The highest BCUT2D eigenvalue weighted by Crippen LogP contribution is 2.29. The second-order valence-electron chi connectivity index (χ2n) is 5.33. The normalized spacial score (nSPS) is 12.1. The first kappa shape index (κ1) is 17.8. The van der Waals surface area contributed by atoms with Gasteiger partial charge in [-0.2, -0.15) is 13.2 Å². The van der Waals surface area contributed by atoms with Crippen molar-refractivity contribution in [3.05, 3.63) is 71.9 Å². The largest absolute Gasteiger partial charge is 0.454 e. The van der Waals surface area contributed by atoms with Crippen molar-refractivity contribution in [2.24, 2.45) is 0 Å². The molecule has 2 aromatic carbocycles. The van der Waals surface area contributed by atoms with Gasteiger partial charge in [-0.05, 0) is 23.6 Å². The van der Waals surface area contributed by atoms with E-state index in [2.05, 4.69) is 0 Å². The van der Waals surface area contributed by atoms with Crippen LogP contribution in [0, 0.1) is 0 Å².